The van der Waals surface area contributed by atoms with Crippen LogP contribution in [0.2, 0.25) is 0 Å². The summed E-state index contributed by atoms with van der Waals surface area (Å²) in [6.45, 7) is 4.61. The number of methoxy groups -OCH3 is 1. The van der Waals surface area contributed by atoms with Crippen LogP contribution in [-0.2, 0) is 6.42 Å². The highest BCUT2D eigenvalue weighted by Crippen LogP contribution is 2.22. The molecule has 7 heteroatoms. The Labute approximate surface area is 129 Å². The molecule has 0 bridgehead atoms. The summed E-state index contributed by atoms with van der Waals surface area (Å²) in [5.74, 6) is 1.48. The highest BCUT2D eigenvalue weighted by Gasteiger charge is 2.09. The van der Waals surface area contributed by atoms with E-state index in [1.807, 2.05) is 16.7 Å². The number of benzene rings is 1. The molecule has 0 spiro atoms. The second kappa shape index (κ2) is 7.44. The SMILES string of the molecule is COc1ccccc1NC(=O)NCCc1nncn1C(C)C. The van der Waals surface area contributed by atoms with Gasteiger partial charge in [-0.3, -0.25) is 0 Å². The molecule has 118 valence electrons. The number of carbonyl (C=O) groups excluding carboxylic acids is 1. The molecule has 2 amide bonds. The Morgan fingerprint density at radius 1 is 1.36 bits per heavy atom. The van der Waals surface area contributed by atoms with Crippen molar-refractivity contribution in [2.45, 2.75) is 26.3 Å². The fraction of sp³-hybridized carbons (Fsp3) is 0.400. The second-order valence-electron chi connectivity index (χ2n) is 5.08. The number of rotatable bonds is 6. The topological polar surface area (TPSA) is 81.1 Å². The smallest absolute Gasteiger partial charge is 0.319 e. The van der Waals surface area contributed by atoms with Gasteiger partial charge in [-0.15, -0.1) is 10.2 Å². The Balaban J connectivity index is 1.84. The summed E-state index contributed by atoms with van der Waals surface area (Å²) in [6.07, 6.45) is 2.33. The maximum absolute atomic E-state index is 11.9. The molecule has 0 unspecified atom stereocenters. The van der Waals surface area contributed by atoms with Crippen LogP contribution >= 0.6 is 0 Å². The number of hydrogen-bond acceptors (Lipinski definition) is 4. The van der Waals surface area contributed by atoms with Crippen LogP contribution in [0.5, 0.6) is 5.75 Å². The molecule has 7 nitrogen and oxygen atoms in total. The molecule has 0 saturated heterocycles. The van der Waals surface area contributed by atoms with Crippen molar-refractivity contribution < 1.29 is 9.53 Å². The normalized spacial score (nSPS) is 10.5. The van der Waals surface area contributed by atoms with E-state index >= 15 is 0 Å². The summed E-state index contributed by atoms with van der Waals surface area (Å²) in [6, 6.07) is 7.28. The first-order valence-electron chi connectivity index (χ1n) is 7.18. The summed E-state index contributed by atoms with van der Waals surface area (Å²) in [7, 11) is 1.57. The molecule has 2 N–H and O–H groups in total. The van der Waals surface area contributed by atoms with Gasteiger partial charge < -0.3 is 19.9 Å². The molecular weight excluding hydrogens is 282 g/mol. The molecule has 0 radical (unpaired) electrons. The first kappa shape index (κ1) is 15.8. The van der Waals surface area contributed by atoms with Crippen molar-refractivity contribution in [1.29, 1.82) is 0 Å². The Morgan fingerprint density at radius 2 is 2.14 bits per heavy atom. The number of hydrogen-bond donors (Lipinski definition) is 2. The van der Waals surface area contributed by atoms with Crippen molar-refractivity contribution in [1.82, 2.24) is 20.1 Å². The average molecular weight is 303 g/mol. The summed E-state index contributed by atoms with van der Waals surface area (Å²) < 4.78 is 7.17. The van der Waals surface area contributed by atoms with Crippen LogP contribution in [0.4, 0.5) is 10.5 Å². The third-order valence-electron chi connectivity index (χ3n) is 3.19. The van der Waals surface area contributed by atoms with Gasteiger partial charge in [0, 0.05) is 19.0 Å². The molecule has 0 aliphatic heterocycles. The van der Waals surface area contributed by atoms with Gasteiger partial charge in [-0.25, -0.2) is 4.79 Å². The van der Waals surface area contributed by atoms with E-state index in [4.69, 9.17) is 4.74 Å². The molecule has 1 aromatic carbocycles. The van der Waals surface area contributed by atoms with Gasteiger partial charge in [-0.1, -0.05) is 12.1 Å². The monoisotopic (exact) mass is 303 g/mol. The van der Waals surface area contributed by atoms with E-state index < -0.39 is 0 Å². The van der Waals surface area contributed by atoms with Crippen LogP contribution in [0.1, 0.15) is 25.7 Å². The number of para-hydroxylation sites is 2. The van der Waals surface area contributed by atoms with E-state index in [9.17, 15) is 4.79 Å². The Hall–Kier alpha value is -2.57. The van der Waals surface area contributed by atoms with Gasteiger partial charge >= 0.3 is 6.03 Å². The molecule has 0 saturated carbocycles. The minimum atomic E-state index is -0.278. The zero-order valence-electron chi connectivity index (χ0n) is 13.0. The van der Waals surface area contributed by atoms with Crippen LogP contribution in [0, 0.1) is 0 Å². The standard InChI is InChI=1S/C15H21N5O2/c1-11(2)20-10-17-19-14(20)8-9-16-15(21)18-12-6-4-5-7-13(12)22-3/h4-7,10-11H,8-9H2,1-3H3,(H2,16,18,21). The lowest BCUT2D eigenvalue weighted by Crippen LogP contribution is -2.31. The highest BCUT2D eigenvalue weighted by molar-refractivity contribution is 5.90. The first-order valence-corrected chi connectivity index (χ1v) is 7.18. The molecule has 0 fully saturated rings. The molecule has 1 heterocycles. The molecule has 2 rings (SSSR count). The third-order valence-corrected chi connectivity index (χ3v) is 3.19. The number of aromatic nitrogens is 3. The lowest BCUT2D eigenvalue weighted by Gasteiger charge is -2.12. The molecule has 0 aliphatic rings. The Morgan fingerprint density at radius 3 is 2.86 bits per heavy atom. The van der Waals surface area contributed by atoms with Crippen LogP contribution in [0.3, 0.4) is 0 Å². The van der Waals surface area contributed by atoms with Gasteiger partial charge in [0.25, 0.3) is 0 Å². The van der Waals surface area contributed by atoms with E-state index in [-0.39, 0.29) is 6.03 Å². The summed E-state index contributed by atoms with van der Waals surface area (Å²) in [5, 5.41) is 13.5. The van der Waals surface area contributed by atoms with Gasteiger partial charge in [-0.2, -0.15) is 0 Å². The second-order valence-corrected chi connectivity index (χ2v) is 5.08. The minimum Gasteiger partial charge on any atom is -0.495 e. The zero-order valence-corrected chi connectivity index (χ0v) is 13.0. The molecule has 0 aliphatic carbocycles. The fourth-order valence-electron chi connectivity index (χ4n) is 2.08. The first-order chi connectivity index (χ1) is 10.6. The molecule has 1 aromatic heterocycles. The quantitative estimate of drug-likeness (QED) is 0.857. The van der Waals surface area contributed by atoms with Crippen LogP contribution in [-0.4, -0.2) is 34.5 Å². The number of nitrogens with zero attached hydrogens (tertiary/aromatic N) is 3. The van der Waals surface area contributed by atoms with Crippen molar-refractivity contribution in [3.8, 4) is 5.75 Å². The van der Waals surface area contributed by atoms with Gasteiger partial charge in [-0.05, 0) is 26.0 Å². The zero-order chi connectivity index (χ0) is 15.9. The van der Waals surface area contributed by atoms with Gasteiger partial charge in [0.05, 0.1) is 12.8 Å². The minimum absolute atomic E-state index is 0.278. The highest BCUT2D eigenvalue weighted by atomic mass is 16.5. The number of urea groups is 1. The predicted octanol–water partition coefficient (Wildman–Crippen LogP) is 2.23. The van der Waals surface area contributed by atoms with Crippen LogP contribution < -0.4 is 15.4 Å². The fourth-order valence-corrected chi connectivity index (χ4v) is 2.08. The Bertz CT molecular complexity index is 624. The molecule has 2 aromatic rings. The number of amides is 2. The summed E-state index contributed by atoms with van der Waals surface area (Å²) in [4.78, 5) is 11.9. The maximum atomic E-state index is 11.9. The predicted molar refractivity (Wildman–Crippen MR) is 84.1 cm³/mol. The number of nitrogens with one attached hydrogen (secondary N) is 2. The average Bonchev–Trinajstić information content (AvgIpc) is 2.96. The molecule has 22 heavy (non-hydrogen) atoms. The number of carbonyl (C=O) groups is 1. The number of ether oxygens (including phenoxy) is 1. The van der Waals surface area contributed by atoms with E-state index in [0.717, 1.165) is 5.82 Å². The van der Waals surface area contributed by atoms with Gasteiger partial charge in [0.2, 0.25) is 0 Å². The van der Waals surface area contributed by atoms with E-state index in [0.29, 0.717) is 30.4 Å². The van der Waals surface area contributed by atoms with E-state index in [2.05, 4.69) is 34.7 Å². The lowest BCUT2D eigenvalue weighted by atomic mass is 10.3. The maximum Gasteiger partial charge on any atom is 0.319 e. The van der Waals surface area contributed by atoms with Crippen molar-refractivity contribution >= 4 is 11.7 Å². The summed E-state index contributed by atoms with van der Waals surface area (Å²) >= 11 is 0. The molecular formula is C15H21N5O2. The largest absolute Gasteiger partial charge is 0.495 e. The van der Waals surface area contributed by atoms with Crippen LogP contribution in [0.25, 0.3) is 0 Å². The lowest BCUT2D eigenvalue weighted by molar-refractivity contribution is 0.252. The van der Waals surface area contributed by atoms with Crippen LogP contribution in [0.15, 0.2) is 30.6 Å². The molecule has 0 atom stereocenters. The van der Waals surface area contributed by atoms with Crippen molar-refractivity contribution in [2.75, 3.05) is 19.0 Å². The van der Waals surface area contributed by atoms with Gasteiger partial charge in [0.1, 0.15) is 17.9 Å². The van der Waals surface area contributed by atoms with E-state index in [1.54, 1.807) is 25.6 Å². The van der Waals surface area contributed by atoms with E-state index in [1.165, 1.54) is 0 Å². The van der Waals surface area contributed by atoms with Gasteiger partial charge in [0.15, 0.2) is 0 Å². The van der Waals surface area contributed by atoms with Crippen molar-refractivity contribution in [3.63, 3.8) is 0 Å². The Kier molecular flexibility index (Phi) is 5.35. The van der Waals surface area contributed by atoms with Crippen molar-refractivity contribution in [3.05, 3.63) is 36.4 Å². The number of anilines is 1. The third kappa shape index (κ3) is 3.97. The van der Waals surface area contributed by atoms with Crippen molar-refractivity contribution in [2.24, 2.45) is 0 Å². The summed E-state index contributed by atoms with van der Waals surface area (Å²) in [5.41, 5.74) is 0.632.